The third kappa shape index (κ3) is 1.95. The minimum Gasteiger partial charge on any atom is -0.464 e. The standard InChI is InChI=1S/C14H11NO2S/c1-9(16)6-10-8-18-14(15-10)12-7-17-13-5-3-2-4-11(12)13/h2-5,7-8H,6H2,1H3. The lowest BCUT2D eigenvalue weighted by Gasteiger charge is -1.92. The predicted octanol–water partition coefficient (Wildman–Crippen LogP) is 3.69. The van der Waals surface area contributed by atoms with Gasteiger partial charge in [-0.25, -0.2) is 4.98 Å². The fourth-order valence-electron chi connectivity index (χ4n) is 1.91. The van der Waals surface area contributed by atoms with Crippen LogP contribution in [0.5, 0.6) is 0 Å². The summed E-state index contributed by atoms with van der Waals surface area (Å²) in [5.41, 5.74) is 2.68. The monoisotopic (exact) mass is 257 g/mol. The lowest BCUT2D eigenvalue weighted by molar-refractivity contribution is -0.116. The largest absolute Gasteiger partial charge is 0.464 e. The zero-order valence-electron chi connectivity index (χ0n) is 9.84. The molecule has 3 rings (SSSR count). The van der Waals surface area contributed by atoms with E-state index in [1.54, 1.807) is 24.5 Å². The molecule has 90 valence electrons. The third-order valence-electron chi connectivity index (χ3n) is 2.69. The molecule has 0 spiro atoms. The molecule has 0 atom stereocenters. The van der Waals surface area contributed by atoms with Crippen molar-refractivity contribution in [2.75, 3.05) is 0 Å². The molecule has 0 aliphatic heterocycles. The molecule has 0 fully saturated rings. The van der Waals surface area contributed by atoms with Gasteiger partial charge in [0.25, 0.3) is 0 Å². The van der Waals surface area contributed by atoms with E-state index < -0.39 is 0 Å². The van der Waals surface area contributed by atoms with E-state index in [4.69, 9.17) is 4.42 Å². The Morgan fingerprint density at radius 3 is 3.06 bits per heavy atom. The van der Waals surface area contributed by atoms with Crippen molar-refractivity contribution in [3.63, 3.8) is 0 Å². The van der Waals surface area contributed by atoms with Gasteiger partial charge in [0.1, 0.15) is 22.6 Å². The van der Waals surface area contributed by atoms with E-state index in [0.29, 0.717) is 6.42 Å². The maximum absolute atomic E-state index is 11.1. The van der Waals surface area contributed by atoms with Gasteiger partial charge in [0.15, 0.2) is 0 Å². The van der Waals surface area contributed by atoms with Crippen LogP contribution in [0.3, 0.4) is 0 Å². The van der Waals surface area contributed by atoms with Gasteiger partial charge in [-0.15, -0.1) is 11.3 Å². The molecule has 0 radical (unpaired) electrons. The first-order valence-corrected chi connectivity index (χ1v) is 6.52. The molecule has 0 aliphatic rings. The summed E-state index contributed by atoms with van der Waals surface area (Å²) in [4.78, 5) is 15.5. The summed E-state index contributed by atoms with van der Waals surface area (Å²) in [6.07, 6.45) is 2.12. The molecular formula is C14H11NO2S. The summed E-state index contributed by atoms with van der Waals surface area (Å²) >= 11 is 1.54. The summed E-state index contributed by atoms with van der Waals surface area (Å²) in [5.74, 6) is 0.129. The Labute approximate surface area is 108 Å². The lowest BCUT2D eigenvalue weighted by atomic mass is 10.2. The molecule has 4 heteroatoms. The molecule has 0 N–H and O–H groups in total. The van der Waals surface area contributed by atoms with Crippen LogP contribution < -0.4 is 0 Å². The van der Waals surface area contributed by atoms with Gasteiger partial charge in [-0.05, 0) is 13.0 Å². The van der Waals surface area contributed by atoms with E-state index in [0.717, 1.165) is 27.2 Å². The van der Waals surface area contributed by atoms with Crippen LogP contribution in [0.15, 0.2) is 40.3 Å². The Kier molecular flexibility index (Phi) is 2.72. The highest BCUT2D eigenvalue weighted by Crippen LogP contribution is 2.32. The van der Waals surface area contributed by atoms with E-state index in [2.05, 4.69) is 4.98 Å². The van der Waals surface area contributed by atoms with Crippen LogP contribution in [-0.4, -0.2) is 10.8 Å². The summed E-state index contributed by atoms with van der Waals surface area (Å²) in [7, 11) is 0. The number of hydrogen-bond acceptors (Lipinski definition) is 4. The number of aromatic nitrogens is 1. The molecule has 0 aliphatic carbocycles. The van der Waals surface area contributed by atoms with Crippen molar-refractivity contribution in [1.82, 2.24) is 4.98 Å². The predicted molar refractivity (Wildman–Crippen MR) is 71.7 cm³/mol. The molecule has 18 heavy (non-hydrogen) atoms. The maximum Gasteiger partial charge on any atom is 0.135 e. The number of para-hydroxylation sites is 1. The van der Waals surface area contributed by atoms with E-state index in [1.165, 1.54) is 0 Å². The maximum atomic E-state index is 11.1. The molecular weight excluding hydrogens is 246 g/mol. The number of ketones is 1. The van der Waals surface area contributed by atoms with Crippen LogP contribution in [0, 0.1) is 0 Å². The van der Waals surface area contributed by atoms with Gasteiger partial charge < -0.3 is 4.42 Å². The lowest BCUT2D eigenvalue weighted by Crippen LogP contribution is -1.95. The fourth-order valence-corrected chi connectivity index (χ4v) is 2.75. The van der Waals surface area contributed by atoms with Crippen LogP contribution in [-0.2, 0) is 11.2 Å². The number of benzene rings is 1. The van der Waals surface area contributed by atoms with E-state index in [1.807, 2.05) is 29.6 Å². The summed E-state index contributed by atoms with van der Waals surface area (Å²) in [5, 5.41) is 3.89. The van der Waals surface area contributed by atoms with E-state index in [9.17, 15) is 4.79 Å². The van der Waals surface area contributed by atoms with Crippen molar-refractivity contribution in [3.8, 4) is 10.6 Å². The van der Waals surface area contributed by atoms with Gasteiger partial charge in [-0.1, -0.05) is 18.2 Å². The zero-order valence-corrected chi connectivity index (χ0v) is 10.7. The molecule has 3 aromatic rings. The number of nitrogens with zero attached hydrogens (tertiary/aromatic N) is 1. The Morgan fingerprint density at radius 2 is 2.22 bits per heavy atom. The Bertz CT molecular complexity index is 711. The average molecular weight is 257 g/mol. The van der Waals surface area contributed by atoms with Gasteiger partial charge in [0, 0.05) is 17.2 Å². The first kappa shape index (κ1) is 11.2. The van der Waals surface area contributed by atoms with Crippen LogP contribution >= 0.6 is 11.3 Å². The molecule has 0 unspecified atom stereocenters. The number of rotatable bonds is 3. The van der Waals surface area contributed by atoms with Gasteiger partial charge in [0.2, 0.25) is 0 Å². The number of Topliss-reactive ketones (excluding diaryl/α,β-unsaturated/α-hetero) is 1. The Hall–Kier alpha value is -1.94. The van der Waals surface area contributed by atoms with Crippen LogP contribution in [0.25, 0.3) is 21.5 Å². The molecule has 3 nitrogen and oxygen atoms in total. The van der Waals surface area contributed by atoms with Gasteiger partial charge >= 0.3 is 0 Å². The highest BCUT2D eigenvalue weighted by atomic mass is 32.1. The third-order valence-corrected chi connectivity index (χ3v) is 3.62. The number of fused-ring (bicyclic) bond motifs is 1. The van der Waals surface area contributed by atoms with Crippen molar-refractivity contribution in [2.24, 2.45) is 0 Å². The fraction of sp³-hybridized carbons (Fsp3) is 0.143. The van der Waals surface area contributed by atoms with E-state index >= 15 is 0 Å². The first-order valence-electron chi connectivity index (χ1n) is 5.64. The normalized spacial score (nSPS) is 10.9. The average Bonchev–Trinajstić information content (AvgIpc) is 2.94. The first-order chi connectivity index (χ1) is 8.74. The van der Waals surface area contributed by atoms with Crippen molar-refractivity contribution >= 4 is 28.1 Å². The second-order valence-corrected chi connectivity index (χ2v) is 5.03. The van der Waals surface area contributed by atoms with Gasteiger partial charge in [-0.2, -0.15) is 0 Å². The summed E-state index contributed by atoms with van der Waals surface area (Å²) in [6, 6.07) is 7.87. The molecule has 0 saturated carbocycles. The highest BCUT2D eigenvalue weighted by molar-refractivity contribution is 7.13. The Morgan fingerprint density at radius 1 is 1.39 bits per heavy atom. The second-order valence-electron chi connectivity index (χ2n) is 4.17. The molecule has 0 saturated heterocycles. The number of thiazole rings is 1. The second kappa shape index (κ2) is 4.38. The zero-order chi connectivity index (χ0) is 12.5. The summed E-state index contributed by atoms with van der Waals surface area (Å²) < 4.78 is 5.49. The molecule has 0 amide bonds. The van der Waals surface area contributed by atoms with Crippen molar-refractivity contribution in [3.05, 3.63) is 41.6 Å². The van der Waals surface area contributed by atoms with Crippen LogP contribution in [0.4, 0.5) is 0 Å². The number of carbonyl (C=O) groups excluding carboxylic acids is 1. The Balaban J connectivity index is 2.04. The molecule has 1 aromatic carbocycles. The molecule has 2 aromatic heterocycles. The SMILES string of the molecule is CC(=O)Cc1csc(-c2coc3ccccc23)n1. The minimum absolute atomic E-state index is 0.129. The quantitative estimate of drug-likeness (QED) is 0.718. The van der Waals surface area contributed by atoms with Gasteiger partial charge in [0.05, 0.1) is 11.3 Å². The highest BCUT2D eigenvalue weighted by Gasteiger charge is 2.11. The molecule has 2 heterocycles. The van der Waals surface area contributed by atoms with Gasteiger partial charge in [-0.3, -0.25) is 4.79 Å². The van der Waals surface area contributed by atoms with Crippen molar-refractivity contribution in [2.45, 2.75) is 13.3 Å². The molecule has 0 bridgehead atoms. The van der Waals surface area contributed by atoms with Crippen LogP contribution in [0.1, 0.15) is 12.6 Å². The van der Waals surface area contributed by atoms with E-state index in [-0.39, 0.29) is 5.78 Å². The summed E-state index contributed by atoms with van der Waals surface area (Å²) in [6.45, 7) is 1.58. The van der Waals surface area contributed by atoms with Crippen molar-refractivity contribution in [1.29, 1.82) is 0 Å². The minimum atomic E-state index is 0.129. The topological polar surface area (TPSA) is 43.1 Å². The number of furan rings is 1. The smallest absolute Gasteiger partial charge is 0.135 e. The van der Waals surface area contributed by atoms with Crippen molar-refractivity contribution < 1.29 is 9.21 Å². The number of hydrogen-bond donors (Lipinski definition) is 0. The van der Waals surface area contributed by atoms with Crippen LogP contribution in [0.2, 0.25) is 0 Å². The number of carbonyl (C=O) groups is 1.